The summed E-state index contributed by atoms with van der Waals surface area (Å²) >= 11 is 1.23. The Morgan fingerprint density at radius 2 is 1.95 bits per heavy atom. The van der Waals surface area contributed by atoms with Crippen molar-refractivity contribution in [2.24, 2.45) is 0 Å². The Labute approximate surface area is 129 Å². The van der Waals surface area contributed by atoms with Crippen LogP contribution >= 0.6 is 11.3 Å². The van der Waals surface area contributed by atoms with E-state index in [1.54, 1.807) is 12.1 Å². The molecule has 0 amide bonds. The molecule has 4 nitrogen and oxygen atoms in total. The molecule has 0 aliphatic rings. The SMILES string of the molecule is CCCCc1ccc(NS(=O)(=O)c2csc(CO)c2)cc1. The number of thiophene rings is 1. The zero-order valence-corrected chi connectivity index (χ0v) is 13.5. The van der Waals surface area contributed by atoms with Crippen LogP contribution in [0.4, 0.5) is 5.69 Å². The second-order valence-electron chi connectivity index (χ2n) is 4.81. The largest absolute Gasteiger partial charge is 0.391 e. The van der Waals surface area contributed by atoms with Crippen LogP contribution in [0.2, 0.25) is 0 Å². The molecule has 0 atom stereocenters. The first-order valence-electron chi connectivity index (χ1n) is 6.85. The molecule has 0 saturated carbocycles. The third-order valence-electron chi connectivity index (χ3n) is 3.12. The Balaban J connectivity index is 2.09. The molecular weight excluding hydrogens is 306 g/mol. The van der Waals surface area contributed by atoms with Gasteiger partial charge in [0.2, 0.25) is 0 Å². The van der Waals surface area contributed by atoms with Gasteiger partial charge in [-0.1, -0.05) is 25.5 Å². The predicted octanol–water partition coefficient (Wildman–Crippen LogP) is 3.38. The second kappa shape index (κ2) is 7.06. The fourth-order valence-corrected chi connectivity index (χ4v) is 4.11. The minimum atomic E-state index is -3.58. The lowest BCUT2D eigenvalue weighted by Crippen LogP contribution is -2.12. The van der Waals surface area contributed by atoms with Crippen LogP contribution in [0.3, 0.4) is 0 Å². The minimum absolute atomic E-state index is 0.147. The summed E-state index contributed by atoms with van der Waals surface area (Å²) < 4.78 is 27.0. The summed E-state index contributed by atoms with van der Waals surface area (Å²) in [5, 5.41) is 10.5. The van der Waals surface area contributed by atoms with Crippen molar-refractivity contribution < 1.29 is 13.5 Å². The molecule has 0 radical (unpaired) electrons. The number of unbranched alkanes of at least 4 members (excludes halogenated alkanes) is 1. The van der Waals surface area contributed by atoms with Gasteiger partial charge in [-0.05, 0) is 36.6 Å². The summed E-state index contributed by atoms with van der Waals surface area (Å²) in [6, 6.07) is 8.94. The number of rotatable bonds is 7. The highest BCUT2D eigenvalue weighted by Crippen LogP contribution is 2.22. The van der Waals surface area contributed by atoms with Crippen LogP contribution in [-0.4, -0.2) is 13.5 Å². The normalized spacial score (nSPS) is 11.5. The predicted molar refractivity (Wildman–Crippen MR) is 86.1 cm³/mol. The molecule has 0 bridgehead atoms. The quantitative estimate of drug-likeness (QED) is 0.820. The Bertz CT molecular complexity index is 675. The first kappa shape index (κ1) is 16.0. The van der Waals surface area contributed by atoms with Gasteiger partial charge in [0.15, 0.2) is 0 Å². The fourth-order valence-electron chi connectivity index (χ4n) is 1.92. The Kier molecular flexibility index (Phi) is 5.39. The van der Waals surface area contributed by atoms with Gasteiger partial charge in [-0.15, -0.1) is 11.3 Å². The van der Waals surface area contributed by atoms with Gasteiger partial charge in [0.25, 0.3) is 10.0 Å². The summed E-state index contributed by atoms with van der Waals surface area (Å²) in [5.41, 5.74) is 1.75. The molecule has 6 heteroatoms. The van der Waals surface area contributed by atoms with E-state index in [1.807, 2.05) is 12.1 Å². The molecule has 0 aliphatic heterocycles. The molecule has 2 N–H and O–H groups in total. The summed E-state index contributed by atoms with van der Waals surface area (Å²) in [6.07, 6.45) is 3.28. The van der Waals surface area contributed by atoms with Crippen LogP contribution in [0, 0.1) is 0 Å². The first-order chi connectivity index (χ1) is 10.0. The first-order valence-corrected chi connectivity index (χ1v) is 9.21. The smallest absolute Gasteiger partial charge is 0.262 e. The van der Waals surface area contributed by atoms with Crippen molar-refractivity contribution in [3.05, 3.63) is 46.2 Å². The highest BCUT2D eigenvalue weighted by atomic mass is 32.2. The van der Waals surface area contributed by atoms with E-state index in [4.69, 9.17) is 5.11 Å². The monoisotopic (exact) mass is 325 g/mol. The van der Waals surface area contributed by atoms with E-state index in [0.29, 0.717) is 10.6 Å². The van der Waals surface area contributed by atoms with Crippen molar-refractivity contribution in [2.75, 3.05) is 4.72 Å². The molecule has 0 saturated heterocycles. The van der Waals surface area contributed by atoms with Crippen molar-refractivity contribution in [2.45, 2.75) is 37.7 Å². The van der Waals surface area contributed by atoms with Crippen LogP contribution in [0.1, 0.15) is 30.2 Å². The number of nitrogens with one attached hydrogen (secondary N) is 1. The van der Waals surface area contributed by atoms with Crippen LogP contribution in [-0.2, 0) is 23.1 Å². The van der Waals surface area contributed by atoms with Crippen LogP contribution in [0.15, 0.2) is 40.6 Å². The molecule has 2 aromatic rings. The Hall–Kier alpha value is -1.37. The zero-order valence-electron chi connectivity index (χ0n) is 11.9. The molecule has 21 heavy (non-hydrogen) atoms. The number of hydrogen-bond acceptors (Lipinski definition) is 4. The topological polar surface area (TPSA) is 66.4 Å². The molecule has 0 aliphatic carbocycles. The second-order valence-corrected chi connectivity index (χ2v) is 7.49. The summed E-state index contributed by atoms with van der Waals surface area (Å²) in [5.74, 6) is 0. The van der Waals surface area contributed by atoms with Crippen LogP contribution in [0.25, 0.3) is 0 Å². The standard InChI is InChI=1S/C15H19NO3S2/c1-2-3-4-12-5-7-13(8-6-12)16-21(18,19)15-9-14(10-17)20-11-15/h5-9,11,16-17H,2-4,10H2,1H3. The lowest BCUT2D eigenvalue weighted by molar-refractivity contribution is 0.285. The highest BCUT2D eigenvalue weighted by molar-refractivity contribution is 7.92. The van der Waals surface area contributed by atoms with E-state index >= 15 is 0 Å². The number of aryl methyl sites for hydroxylation is 1. The molecule has 1 aromatic carbocycles. The summed E-state index contributed by atoms with van der Waals surface area (Å²) in [6.45, 7) is 2.00. The lowest BCUT2D eigenvalue weighted by atomic mass is 10.1. The maximum atomic E-state index is 12.2. The zero-order chi connectivity index (χ0) is 15.3. The minimum Gasteiger partial charge on any atom is -0.391 e. The van der Waals surface area contributed by atoms with E-state index in [9.17, 15) is 8.42 Å². The maximum Gasteiger partial charge on any atom is 0.262 e. The van der Waals surface area contributed by atoms with Gasteiger partial charge in [-0.25, -0.2) is 8.42 Å². The van der Waals surface area contributed by atoms with E-state index < -0.39 is 10.0 Å². The van der Waals surface area contributed by atoms with Gasteiger partial charge in [0, 0.05) is 15.9 Å². The molecular formula is C15H19NO3S2. The average Bonchev–Trinajstić information content (AvgIpc) is 2.96. The average molecular weight is 325 g/mol. The van der Waals surface area contributed by atoms with Gasteiger partial charge >= 0.3 is 0 Å². The highest BCUT2D eigenvalue weighted by Gasteiger charge is 2.16. The molecule has 2 rings (SSSR count). The fraction of sp³-hybridized carbons (Fsp3) is 0.333. The van der Waals surface area contributed by atoms with Crippen molar-refractivity contribution >= 4 is 27.0 Å². The van der Waals surface area contributed by atoms with Crippen molar-refractivity contribution in [3.8, 4) is 0 Å². The third-order valence-corrected chi connectivity index (χ3v) is 5.55. The molecule has 114 valence electrons. The Morgan fingerprint density at radius 3 is 2.52 bits per heavy atom. The van der Waals surface area contributed by atoms with Gasteiger partial charge in [-0.3, -0.25) is 4.72 Å². The van der Waals surface area contributed by atoms with E-state index in [1.165, 1.54) is 28.3 Å². The molecule has 0 spiro atoms. The molecule has 1 heterocycles. The third kappa shape index (κ3) is 4.30. The van der Waals surface area contributed by atoms with E-state index in [-0.39, 0.29) is 11.5 Å². The summed E-state index contributed by atoms with van der Waals surface area (Å²) in [4.78, 5) is 0.817. The van der Waals surface area contributed by atoms with Gasteiger partial charge in [0.1, 0.15) is 0 Å². The van der Waals surface area contributed by atoms with E-state index in [2.05, 4.69) is 11.6 Å². The van der Waals surface area contributed by atoms with E-state index in [0.717, 1.165) is 19.3 Å². The van der Waals surface area contributed by atoms with Crippen LogP contribution < -0.4 is 4.72 Å². The number of hydrogen-bond donors (Lipinski definition) is 2. The number of sulfonamides is 1. The number of aliphatic hydroxyl groups is 1. The lowest BCUT2D eigenvalue weighted by Gasteiger charge is -2.07. The van der Waals surface area contributed by atoms with Crippen molar-refractivity contribution in [3.63, 3.8) is 0 Å². The maximum absolute atomic E-state index is 12.2. The number of benzene rings is 1. The molecule has 1 aromatic heterocycles. The number of aliphatic hydroxyl groups excluding tert-OH is 1. The van der Waals surface area contributed by atoms with Crippen molar-refractivity contribution in [1.29, 1.82) is 0 Å². The van der Waals surface area contributed by atoms with Gasteiger partial charge in [-0.2, -0.15) is 0 Å². The number of anilines is 1. The van der Waals surface area contributed by atoms with Gasteiger partial charge < -0.3 is 5.11 Å². The van der Waals surface area contributed by atoms with Crippen molar-refractivity contribution in [1.82, 2.24) is 0 Å². The van der Waals surface area contributed by atoms with Gasteiger partial charge in [0.05, 0.1) is 11.5 Å². The summed E-state index contributed by atoms with van der Waals surface area (Å²) in [7, 11) is -3.58. The van der Waals surface area contributed by atoms with Crippen LogP contribution in [0.5, 0.6) is 0 Å². The molecule has 0 fully saturated rings. The molecule has 0 unspecified atom stereocenters. The Morgan fingerprint density at radius 1 is 1.24 bits per heavy atom.